The minimum Gasteiger partial charge on any atom is -0.246 e. The number of aromatic nitrogens is 1. The summed E-state index contributed by atoms with van der Waals surface area (Å²) in [5, 5.41) is 10.4. The van der Waals surface area contributed by atoms with Crippen molar-refractivity contribution in [3.63, 3.8) is 0 Å². The molecule has 2 rings (SSSR count). The summed E-state index contributed by atoms with van der Waals surface area (Å²) in [4.78, 5) is 5.80. The first-order chi connectivity index (χ1) is 7.15. The molecular formula is C11H14N2S2. The number of hydrogen-bond donors (Lipinski definition) is 0. The van der Waals surface area contributed by atoms with Crippen LogP contribution in [-0.4, -0.2) is 15.5 Å². The molecule has 1 saturated heterocycles. The molecule has 1 atom stereocenters. The van der Waals surface area contributed by atoms with Crippen molar-refractivity contribution in [2.75, 3.05) is 5.75 Å². The molecule has 1 aliphatic heterocycles. The minimum atomic E-state index is -0.184. The van der Waals surface area contributed by atoms with Crippen molar-refractivity contribution in [2.45, 2.75) is 37.9 Å². The van der Waals surface area contributed by atoms with Gasteiger partial charge in [-0.1, -0.05) is 0 Å². The van der Waals surface area contributed by atoms with E-state index in [0.29, 0.717) is 0 Å². The van der Waals surface area contributed by atoms with Crippen LogP contribution in [-0.2, 0) is 6.42 Å². The molecule has 1 unspecified atom stereocenters. The largest absolute Gasteiger partial charge is 0.246 e. The number of nitriles is 1. The molecule has 1 aliphatic rings. The zero-order chi connectivity index (χ0) is 10.9. The van der Waals surface area contributed by atoms with Gasteiger partial charge in [0.25, 0.3) is 0 Å². The van der Waals surface area contributed by atoms with Gasteiger partial charge in [0.2, 0.25) is 0 Å². The van der Waals surface area contributed by atoms with Crippen molar-refractivity contribution >= 4 is 23.1 Å². The van der Waals surface area contributed by atoms with E-state index in [1.54, 1.807) is 23.1 Å². The molecule has 2 nitrogen and oxygen atoms in total. The molecule has 0 N–H and O–H groups in total. The van der Waals surface area contributed by atoms with Gasteiger partial charge in [-0.2, -0.15) is 5.26 Å². The van der Waals surface area contributed by atoms with Gasteiger partial charge in [0, 0.05) is 11.3 Å². The third-order valence-electron chi connectivity index (χ3n) is 2.82. The van der Waals surface area contributed by atoms with Crippen LogP contribution in [0.15, 0.2) is 0 Å². The molecule has 0 bridgehead atoms. The molecule has 15 heavy (non-hydrogen) atoms. The van der Waals surface area contributed by atoms with Gasteiger partial charge in [-0.25, -0.2) is 4.98 Å². The predicted molar refractivity (Wildman–Crippen MR) is 65.3 cm³/mol. The summed E-state index contributed by atoms with van der Waals surface area (Å²) in [6.45, 7) is 4.13. The number of thioether (sulfide) groups is 1. The molecule has 1 aromatic heterocycles. The van der Waals surface area contributed by atoms with Gasteiger partial charge >= 0.3 is 0 Å². The van der Waals surface area contributed by atoms with Gasteiger partial charge in [0.15, 0.2) is 0 Å². The Morgan fingerprint density at radius 1 is 1.53 bits per heavy atom. The van der Waals surface area contributed by atoms with Gasteiger partial charge in [-0.05, 0) is 32.4 Å². The maximum absolute atomic E-state index is 9.26. The monoisotopic (exact) mass is 238 g/mol. The van der Waals surface area contributed by atoms with Crippen LogP contribution in [0.2, 0.25) is 0 Å². The number of thiazole rings is 1. The van der Waals surface area contributed by atoms with E-state index in [2.05, 4.69) is 18.0 Å². The number of rotatable bonds is 2. The number of nitrogens with zero attached hydrogens (tertiary/aromatic N) is 2. The van der Waals surface area contributed by atoms with Gasteiger partial charge in [-0.3, -0.25) is 0 Å². The molecule has 0 radical (unpaired) electrons. The Hall–Kier alpha value is -0.530. The van der Waals surface area contributed by atoms with Crippen molar-refractivity contribution < 1.29 is 0 Å². The van der Waals surface area contributed by atoms with Crippen LogP contribution in [0.25, 0.3) is 0 Å². The highest BCUT2D eigenvalue weighted by atomic mass is 32.2. The van der Waals surface area contributed by atoms with E-state index in [0.717, 1.165) is 29.3 Å². The van der Waals surface area contributed by atoms with E-state index in [-0.39, 0.29) is 4.75 Å². The first-order valence-corrected chi connectivity index (χ1v) is 6.93. The quantitative estimate of drug-likeness (QED) is 0.794. The van der Waals surface area contributed by atoms with Crippen molar-refractivity contribution in [1.82, 2.24) is 4.98 Å². The fraction of sp³-hybridized carbons (Fsp3) is 0.636. The summed E-state index contributed by atoms with van der Waals surface area (Å²) in [5.41, 5.74) is 1.12. The lowest BCUT2D eigenvalue weighted by atomic mass is 10.0. The van der Waals surface area contributed by atoms with Crippen LogP contribution in [0, 0.1) is 25.2 Å². The van der Waals surface area contributed by atoms with Crippen LogP contribution >= 0.6 is 23.1 Å². The molecule has 0 saturated carbocycles. The lowest BCUT2D eigenvalue weighted by Gasteiger charge is -2.16. The molecule has 2 heterocycles. The maximum atomic E-state index is 9.26. The van der Waals surface area contributed by atoms with Crippen LogP contribution in [0.3, 0.4) is 0 Å². The number of aryl methyl sites for hydroxylation is 2. The summed E-state index contributed by atoms with van der Waals surface area (Å²) < 4.78 is -0.184. The molecule has 4 heteroatoms. The second-order valence-corrected chi connectivity index (χ2v) is 6.75. The smallest absolute Gasteiger partial charge is 0.109 e. The zero-order valence-electron chi connectivity index (χ0n) is 9.04. The fourth-order valence-electron chi connectivity index (χ4n) is 1.82. The molecule has 1 fully saturated rings. The first-order valence-electron chi connectivity index (χ1n) is 5.13. The highest BCUT2D eigenvalue weighted by molar-refractivity contribution is 8.01. The summed E-state index contributed by atoms with van der Waals surface area (Å²) in [5.74, 6) is 1.12. The van der Waals surface area contributed by atoms with Gasteiger partial charge in [0.05, 0.1) is 16.8 Å². The van der Waals surface area contributed by atoms with E-state index >= 15 is 0 Å². The van der Waals surface area contributed by atoms with Crippen LogP contribution in [0.1, 0.15) is 28.4 Å². The van der Waals surface area contributed by atoms with E-state index in [4.69, 9.17) is 0 Å². The van der Waals surface area contributed by atoms with Crippen molar-refractivity contribution in [3.8, 4) is 6.07 Å². The number of hydrogen-bond acceptors (Lipinski definition) is 4. The Bertz CT molecular complexity index is 378. The van der Waals surface area contributed by atoms with E-state index in [9.17, 15) is 5.26 Å². The van der Waals surface area contributed by atoms with Crippen molar-refractivity contribution in [1.29, 1.82) is 5.26 Å². The van der Waals surface area contributed by atoms with Crippen LogP contribution in [0.4, 0.5) is 0 Å². The maximum Gasteiger partial charge on any atom is 0.109 e. The van der Waals surface area contributed by atoms with Gasteiger partial charge in [-0.15, -0.1) is 23.1 Å². The van der Waals surface area contributed by atoms with E-state index < -0.39 is 0 Å². The summed E-state index contributed by atoms with van der Waals surface area (Å²) in [7, 11) is 0. The third-order valence-corrected chi connectivity index (χ3v) is 5.37. The highest BCUT2D eigenvalue weighted by Crippen LogP contribution is 2.40. The topological polar surface area (TPSA) is 36.7 Å². The molecule has 0 aliphatic carbocycles. The second-order valence-electron chi connectivity index (χ2n) is 3.98. The van der Waals surface area contributed by atoms with Crippen molar-refractivity contribution in [3.05, 3.63) is 15.6 Å². The van der Waals surface area contributed by atoms with E-state index in [1.165, 1.54) is 11.3 Å². The minimum absolute atomic E-state index is 0.184. The molecular weight excluding hydrogens is 224 g/mol. The highest BCUT2D eigenvalue weighted by Gasteiger charge is 2.36. The molecule has 80 valence electrons. The second kappa shape index (κ2) is 4.15. The van der Waals surface area contributed by atoms with E-state index in [1.807, 2.05) is 6.92 Å². The fourth-order valence-corrected chi connectivity index (χ4v) is 4.23. The lowest BCUT2D eigenvalue weighted by molar-refractivity contribution is 0.669. The van der Waals surface area contributed by atoms with Crippen LogP contribution in [0.5, 0.6) is 0 Å². The van der Waals surface area contributed by atoms with Gasteiger partial charge in [0.1, 0.15) is 4.75 Å². The predicted octanol–water partition coefficient (Wildman–Crippen LogP) is 3.09. The molecule has 0 spiro atoms. The Morgan fingerprint density at radius 2 is 2.33 bits per heavy atom. The average Bonchev–Trinajstić information content (AvgIpc) is 2.77. The summed E-state index contributed by atoms with van der Waals surface area (Å²) in [6.07, 6.45) is 3.01. The summed E-state index contributed by atoms with van der Waals surface area (Å²) in [6, 6.07) is 2.48. The Kier molecular flexibility index (Phi) is 3.03. The zero-order valence-corrected chi connectivity index (χ0v) is 10.7. The Morgan fingerprint density at radius 3 is 2.80 bits per heavy atom. The Labute approximate surface area is 98.7 Å². The lowest BCUT2D eigenvalue weighted by Crippen LogP contribution is -2.21. The molecule has 0 amide bonds. The third kappa shape index (κ3) is 2.19. The van der Waals surface area contributed by atoms with Crippen LogP contribution < -0.4 is 0 Å². The summed E-state index contributed by atoms with van der Waals surface area (Å²) >= 11 is 3.54. The average molecular weight is 238 g/mol. The molecule has 0 aromatic carbocycles. The standard InChI is InChI=1S/C11H14N2S2/c1-8-9(2)15-10(13-8)6-11(7-12)4-3-5-14-11/h3-6H2,1-2H3. The Balaban J connectivity index is 2.17. The van der Waals surface area contributed by atoms with Gasteiger partial charge < -0.3 is 0 Å². The van der Waals surface area contributed by atoms with Crippen molar-refractivity contribution in [2.24, 2.45) is 0 Å². The SMILES string of the molecule is Cc1nc(CC2(C#N)CCCS2)sc1C. The molecule has 1 aromatic rings. The first kappa shape index (κ1) is 11.0. The normalized spacial score (nSPS) is 25.4.